The molecular weight excluding hydrogens is 493 g/mol. The number of alkyl halides is 1. The van der Waals surface area contributed by atoms with Gasteiger partial charge in [0, 0.05) is 48.9 Å². The van der Waals surface area contributed by atoms with Crippen LogP contribution in [0.1, 0.15) is 26.0 Å². The van der Waals surface area contributed by atoms with Gasteiger partial charge in [0.2, 0.25) is 5.95 Å². The summed E-state index contributed by atoms with van der Waals surface area (Å²) in [5.41, 5.74) is 7.96. The van der Waals surface area contributed by atoms with Gasteiger partial charge in [0.1, 0.15) is 0 Å². The van der Waals surface area contributed by atoms with E-state index in [0.29, 0.717) is 30.3 Å². The van der Waals surface area contributed by atoms with Crippen molar-refractivity contribution in [2.45, 2.75) is 31.7 Å². The summed E-state index contributed by atoms with van der Waals surface area (Å²) in [5.74, 6) is -0.226. The Hall–Kier alpha value is -3.05. The number of hydrogen-bond donors (Lipinski definition) is 4. The summed E-state index contributed by atoms with van der Waals surface area (Å²) in [5, 5.41) is 5.02. The molecule has 0 saturated carbocycles. The SMILES string of the molecule is CCC(C)N=C/C(=C(\N)C1=CC(Cl)C=CC(NSC)=C1F)c1ccnc(NCCNC(=O)OC)n1. The Morgan fingerprint density at radius 3 is 2.91 bits per heavy atom. The van der Waals surface area contributed by atoms with Gasteiger partial charge in [0.15, 0.2) is 5.83 Å². The minimum absolute atomic E-state index is 0.0290. The van der Waals surface area contributed by atoms with Crippen LogP contribution in [0, 0.1) is 0 Å². The lowest BCUT2D eigenvalue weighted by molar-refractivity contribution is 0.171. The van der Waals surface area contributed by atoms with Gasteiger partial charge in [-0.2, -0.15) is 0 Å². The standard InChI is InChI=1S/C23H31ClFN7O2S/c1-5-14(2)30-13-17(18-8-9-27-22(31-18)28-10-11-29-23(33)34-3)21(26)16-12-15(24)6-7-19(20(16)25)32-35-4/h6-9,12-15,32H,5,10-11,26H2,1-4H3,(H,29,33)(H,27,28,31)/b21-17+,30-13?. The van der Waals surface area contributed by atoms with E-state index in [4.69, 9.17) is 17.3 Å². The number of nitrogens with two attached hydrogens (primary N) is 1. The first-order valence-electron chi connectivity index (χ1n) is 11.0. The van der Waals surface area contributed by atoms with E-state index < -0.39 is 17.3 Å². The predicted molar refractivity (Wildman–Crippen MR) is 142 cm³/mol. The largest absolute Gasteiger partial charge is 0.453 e. The Morgan fingerprint density at radius 1 is 1.46 bits per heavy atom. The summed E-state index contributed by atoms with van der Waals surface area (Å²) in [6.45, 7) is 4.65. The van der Waals surface area contributed by atoms with Crippen molar-refractivity contribution in [2.75, 3.05) is 31.8 Å². The smallest absolute Gasteiger partial charge is 0.406 e. The van der Waals surface area contributed by atoms with Crippen molar-refractivity contribution >= 4 is 47.4 Å². The molecule has 1 aromatic heterocycles. The van der Waals surface area contributed by atoms with Crippen LogP contribution in [0.5, 0.6) is 0 Å². The molecule has 9 nitrogen and oxygen atoms in total. The first-order valence-corrected chi connectivity index (χ1v) is 12.6. The maximum Gasteiger partial charge on any atom is 0.406 e. The minimum Gasteiger partial charge on any atom is -0.453 e. The molecule has 35 heavy (non-hydrogen) atoms. The molecule has 1 aromatic rings. The van der Waals surface area contributed by atoms with Crippen molar-refractivity contribution in [2.24, 2.45) is 10.7 Å². The molecule has 1 heterocycles. The summed E-state index contributed by atoms with van der Waals surface area (Å²) in [4.78, 5) is 24.5. The highest BCUT2D eigenvalue weighted by atomic mass is 35.5. The van der Waals surface area contributed by atoms with Crippen molar-refractivity contribution in [1.29, 1.82) is 0 Å². The molecule has 190 valence electrons. The number of hydrogen-bond acceptors (Lipinski definition) is 9. The number of halogens is 2. The van der Waals surface area contributed by atoms with Gasteiger partial charge in [-0.15, -0.1) is 11.6 Å². The van der Waals surface area contributed by atoms with Crippen molar-refractivity contribution < 1.29 is 13.9 Å². The van der Waals surface area contributed by atoms with Crippen LogP contribution in [-0.2, 0) is 4.74 Å². The molecule has 0 fully saturated rings. The molecule has 5 N–H and O–H groups in total. The highest BCUT2D eigenvalue weighted by Crippen LogP contribution is 2.30. The molecule has 1 aliphatic rings. The molecule has 0 radical (unpaired) electrons. The molecule has 2 atom stereocenters. The van der Waals surface area contributed by atoms with Gasteiger partial charge in [-0.25, -0.2) is 19.2 Å². The van der Waals surface area contributed by atoms with Crippen LogP contribution in [-0.4, -0.2) is 60.1 Å². The van der Waals surface area contributed by atoms with Gasteiger partial charge in [-0.05, 0) is 25.5 Å². The number of allylic oxidation sites excluding steroid dienone is 5. The fourth-order valence-corrected chi connectivity index (χ4v) is 3.40. The first-order chi connectivity index (χ1) is 16.8. The lowest BCUT2D eigenvalue weighted by atomic mass is 10.0. The number of alkyl carbamates (subject to hydrolysis) is 1. The van der Waals surface area contributed by atoms with Crippen LogP contribution >= 0.6 is 23.5 Å². The molecule has 2 rings (SSSR count). The van der Waals surface area contributed by atoms with Gasteiger partial charge >= 0.3 is 6.09 Å². The Labute approximate surface area is 214 Å². The van der Waals surface area contributed by atoms with E-state index in [1.807, 2.05) is 13.8 Å². The molecule has 0 spiro atoms. The van der Waals surface area contributed by atoms with Crippen LogP contribution in [0.2, 0.25) is 0 Å². The van der Waals surface area contributed by atoms with Crippen LogP contribution in [0.3, 0.4) is 0 Å². The molecule has 1 amide bonds. The molecule has 2 unspecified atom stereocenters. The third-order valence-corrected chi connectivity index (χ3v) is 5.58. The Morgan fingerprint density at radius 2 is 2.23 bits per heavy atom. The highest BCUT2D eigenvalue weighted by Gasteiger charge is 2.21. The molecule has 0 bridgehead atoms. The van der Waals surface area contributed by atoms with Gasteiger partial charge < -0.3 is 25.8 Å². The monoisotopic (exact) mass is 523 g/mol. The van der Waals surface area contributed by atoms with Gasteiger partial charge in [-0.1, -0.05) is 31.0 Å². The summed E-state index contributed by atoms with van der Waals surface area (Å²) in [7, 11) is 1.29. The van der Waals surface area contributed by atoms with Crippen LogP contribution in [0.25, 0.3) is 5.57 Å². The van der Waals surface area contributed by atoms with E-state index in [-0.39, 0.29) is 23.0 Å². The second-order valence-corrected chi connectivity index (χ2v) is 8.51. The second-order valence-electron chi connectivity index (χ2n) is 7.39. The van der Waals surface area contributed by atoms with Crippen molar-refractivity contribution in [3.8, 4) is 0 Å². The number of methoxy groups -OCH3 is 1. The lowest BCUT2D eigenvalue weighted by Gasteiger charge is -2.14. The van der Waals surface area contributed by atoms with Crippen molar-refractivity contribution in [3.05, 3.63) is 59.0 Å². The fourth-order valence-electron chi connectivity index (χ4n) is 2.82. The molecule has 1 aliphatic carbocycles. The maximum atomic E-state index is 15.5. The average Bonchev–Trinajstić information content (AvgIpc) is 3.00. The number of carbonyl (C=O) groups is 1. The summed E-state index contributed by atoms with van der Waals surface area (Å²) >= 11 is 7.60. The number of rotatable bonds is 11. The van der Waals surface area contributed by atoms with E-state index in [1.54, 1.807) is 43.0 Å². The fraction of sp³-hybridized carbons (Fsp3) is 0.391. The number of carbonyl (C=O) groups excluding carboxylic acids is 1. The number of ether oxygens (including phenoxy) is 1. The van der Waals surface area contributed by atoms with Crippen molar-refractivity contribution in [1.82, 2.24) is 20.0 Å². The molecular formula is C23H31ClFN7O2S. The predicted octanol–water partition coefficient (Wildman–Crippen LogP) is 3.94. The molecule has 0 saturated heterocycles. The van der Waals surface area contributed by atoms with Crippen molar-refractivity contribution in [3.63, 3.8) is 0 Å². The maximum absolute atomic E-state index is 15.5. The Bertz CT molecular complexity index is 1040. The number of aromatic nitrogens is 2. The number of nitrogens with one attached hydrogen (secondary N) is 3. The second kappa shape index (κ2) is 14.4. The van der Waals surface area contributed by atoms with Gasteiger partial charge in [-0.3, -0.25) is 4.99 Å². The topological polar surface area (TPSA) is 127 Å². The zero-order chi connectivity index (χ0) is 25.8. The lowest BCUT2D eigenvalue weighted by Crippen LogP contribution is -2.28. The summed E-state index contributed by atoms with van der Waals surface area (Å²) < 4.78 is 22.9. The summed E-state index contributed by atoms with van der Waals surface area (Å²) in [6, 6.07) is 1.69. The molecule has 12 heteroatoms. The number of amides is 1. The van der Waals surface area contributed by atoms with Gasteiger partial charge in [0.25, 0.3) is 0 Å². The van der Waals surface area contributed by atoms with E-state index >= 15 is 4.39 Å². The van der Waals surface area contributed by atoms with Crippen LogP contribution in [0.4, 0.5) is 15.1 Å². The zero-order valence-corrected chi connectivity index (χ0v) is 21.7. The molecule has 0 aliphatic heterocycles. The zero-order valence-electron chi connectivity index (χ0n) is 20.1. The van der Waals surface area contributed by atoms with E-state index in [2.05, 4.69) is 35.1 Å². The molecule has 0 aromatic carbocycles. The first kappa shape index (κ1) is 28.2. The summed E-state index contributed by atoms with van der Waals surface area (Å²) in [6.07, 6.45) is 10.0. The third kappa shape index (κ3) is 8.59. The number of aliphatic imine (C=N–C) groups is 1. The van der Waals surface area contributed by atoms with Gasteiger partial charge in [0.05, 0.1) is 29.6 Å². The van der Waals surface area contributed by atoms with E-state index in [9.17, 15) is 4.79 Å². The average molecular weight is 524 g/mol. The van der Waals surface area contributed by atoms with E-state index in [0.717, 1.165) is 6.42 Å². The quantitative estimate of drug-likeness (QED) is 0.149. The third-order valence-electron chi connectivity index (χ3n) is 4.88. The van der Waals surface area contributed by atoms with Crippen LogP contribution in [0.15, 0.2) is 58.3 Å². The number of nitrogens with zero attached hydrogens (tertiary/aromatic N) is 3. The Kier molecular flexibility index (Phi) is 11.6. The van der Waals surface area contributed by atoms with Crippen LogP contribution < -0.4 is 21.1 Å². The van der Waals surface area contributed by atoms with E-state index in [1.165, 1.54) is 19.1 Å². The highest BCUT2D eigenvalue weighted by molar-refractivity contribution is 7.96. The normalized spacial score (nSPS) is 17.4. The Balaban J connectivity index is 2.48. The number of anilines is 1. The minimum atomic E-state index is -0.562.